The van der Waals surface area contributed by atoms with Crippen LogP contribution in [0.3, 0.4) is 0 Å². The summed E-state index contributed by atoms with van der Waals surface area (Å²) in [4.78, 5) is 12.2. The smallest absolute Gasteiger partial charge is 0.306 e. The molecule has 2 aliphatic heterocycles. The molecule has 0 bridgehead atoms. The maximum absolute atomic E-state index is 12.2. The lowest BCUT2D eigenvalue weighted by atomic mass is 9.85. The Morgan fingerprint density at radius 3 is 2.16 bits per heavy atom. The van der Waals surface area contributed by atoms with Crippen LogP contribution in [-0.2, 0) is 19.0 Å². The lowest BCUT2D eigenvalue weighted by molar-refractivity contribution is -0.241. The highest BCUT2D eigenvalue weighted by Crippen LogP contribution is 2.38. The fraction of sp³-hybridized carbons (Fsp3) is 0.885. The quantitative estimate of drug-likeness (QED) is 0.175. The predicted octanol–water partition coefficient (Wildman–Crippen LogP) is 4.85. The number of rotatable bonds is 18. The van der Waals surface area contributed by atoms with Crippen LogP contribution in [0.5, 0.6) is 0 Å². The summed E-state index contributed by atoms with van der Waals surface area (Å²) in [6, 6.07) is 0. The van der Waals surface area contributed by atoms with Gasteiger partial charge in [-0.3, -0.25) is 4.79 Å². The van der Waals surface area contributed by atoms with E-state index in [1.54, 1.807) is 0 Å². The van der Waals surface area contributed by atoms with Crippen LogP contribution in [0, 0.1) is 0 Å². The van der Waals surface area contributed by atoms with Gasteiger partial charge in [0.15, 0.2) is 6.10 Å². The number of esters is 1. The van der Waals surface area contributed by atoms with Gasteiger partial charge >= 0.3 is 5.97 Å². The molecule has 186 valence electrons. The highest BCUT2D eigenvalue weighted by atomic mass is 16.6. The lowest BCUT2D eigenvalue weighted by Crippen LogP contribution is -2.60. The Labute approximate surface area is 194 Å². The van der Waals surface area contributed by atoms with Gasteiger partial charge in [-0.25, -0.2) is 0 Å². The first-order valence-corrected chi connectivity index (χ1v) is 13.0. The first-order chi connectivity index (χ1) is 15.6. The fourth-order valence-corrected chi connectivity index (χ4v) is 4.54. The lowest BCUT2D eigenvalue weighted by Gasteiger charge is -2.45. The number of ether oxygens (including phenoxy) is 3. The van der Waals surface area contributed by atoms with E-state index in [0.29, 0.717) is 19.4 Å². The first-order valence-electron chi connectivity index (χ1n) is 13.0. The van der Waals surface area contributed by atoms with Crippen LogP contribution in [0.2, 0.25) is 0 Å². The Hall–Kier alpha value is -0.950. The van der Waals surface area contributed by atoms with Gasteiger partial charge in [-0.2, -0.15) is 0 Å². The third-order valence-corrected chi connectivity index (χ3v) is 6.74. The van der Waals surface area contributed by atoms with E-state index in [2.05, 4.69) is 19.1 Å². The molecule has 0 aromatic rings. The van der Waals surface area contributed by atoms with Gasteiger partial charge in [-0.1, -0.05) is 70.4 Å². The molecule has 0 unspecified atom stereocenters. The second-order valence-corrected chi connectivity index (χ2v) is 9.43. The second-order valence-electron chi connectivity index (χ2n) is 9.43. The summed E-state index contributed by atoms with van der Waals surface area (Å²) in [5.74, 6) is -0.311. The molecule has 0 radical (unpaired) electrons. The van der Waals surface area contributed by atoms with E-state index in [1.165, 1.54) is 57.8 Å². The van der Waals surface area contributed by atoms with Crippen molar-refractivity contribution in [3.63, 3.8) is 0 Å². The Kier molecular flexibility index (Phi) is 13.5. The van der Waals surface area contributed by atoms with Crippen molar-refractivity contribution in [2.24, 2.45) is 0 Å². The van der Waals surface area contributed by atoms with Gasteiger partial charge in [0.1, 0.15) is 17.8 Å². The summed E-state index contributed by atoms with van der Waals surface area (Å²) in [5.41, 5.74) is -0.842. The Balaban J connectivity index is 1.45. The van der Waals surface area contributed by atoms with Crippen molar-refractivity contribution in [3.8, 4) is 0 Å². The molecule has 0 amide bonds. The number of hydrogen-bond donors (Lipinski definition) is 2. The number of unbranched alkanes of at least 4 members (excludes halogenated alkanes) is 11. The zero-order valence-corrected chi connectivity index (χ0v) is 20.1. The maximum atomic E-state index is 12.2. The summed E-state index contributed by atoms with van der Waals surface area (Å²) in [5, 5.41) is 19.8. The molecule has 2 saturated heterocycles. The van der Waals surface area contributed by atoms with Crippen LogP contribution in [0.1, 0.15) is 103 Å². The summed E-state index contributed by atoms with van der Waals surface area (Å²) in [6.45, 7) is 2.70. The van der Waals surface area contributed by atoms with E-state index >= 15 is 0 Å². The fourth-order valence-electron chi connectivity index (χ4n) is 4.54. The minimum absolute atomic E-state index is 0.0983. The van der Waals surface area contributed by atoms with Crippen LogP contribution in [-0.4, -0.2) is 59.9 Å². The monoisotopic (exact) mass is 454 g/mol. The van der Waals surface area contributed by atoms with Gasteiger partial charge < -0.3 is 24.4 Å². The van der Waals surface area contributed by atoms with Gasteiger partial charge in [0.25, 0.3) is 0 Å². The average molecular weight is 455 g/mol. The number of allylic oxidation sites excluding steroid dienone is 2. The van der Waals surface area contributed by atoms with Gasteiger partial charge in [0.05, 0.1) is 19.8 Å². The molecule has 4 atom stereocenters. The molecule has 0 spiro atoms. The van der Waals surface area contributed by atoms with Crippen LogP contribution in [0.15, 0.2) is 12.2 Å². The minimum atomic E-state index is -0.870. The summed E-state index contributed by atoms with van der Waals surface area (Å²) < 4.78 is 16.6. The molecule has 6 heteroatoms. The molecule has 0 aliphatic carbocycles. The Bertz CT molecular complexity index is 525. The molecule has 0 saturated carbocycles. The molecule has 2 N–H and O–H groups in total. The standard InChI is InChI=1S/C26H46O6/c1-2-3-4-5-6-7-8-9-10-11-12-13-14-15-16-17-23(29)32-24-22(28)20-30-25(24)26(21-27)18-19-31-26/h9-10,22,24-25,27-28H,2-8,11-21H2,1H3/b10-9-/t22-,24+,25-,26+/m0/s1. The van der Waals surface area contributed by atoms with Crippen molar-refractivity contribution in [1.82, 2.24) is 0 Å². The second kappa shape index (κ2) is 15.8. The number of carbonyl (C=O) groups is 1. The van der Waals surface area contributed by atoms with Gasteiger partial charge in [0, 0.05) is 12.8 Å². The molecule has 2 heterocycles. The third-order valence-electron chi connectivity index (χ3n) is 6.74. The van der Waals surface area contributed by atoms with E-state index in [4.69, 9.17) is 14.2 Å². The van der Waals surface area contributed by atoms with Crippen LogP contribution >= 0.6 is 0 Å². The van der Waals surface area contributed by atoms with Crippen molar-refractivity contribution in [2.75, 3.05) is 19.8 Å². The van der Waals surface area contributed by atoms with Gasteiger partial charge in [-0.15, -0.1) is 0 Å². The largest absolute Gasteiger partial charge is 0.457 e. The molecule has 0 aromatic heterocycles. The molecule has 6 nitrogen and oxygen atoms in total. The average Bonchev–Trinajstić information content (AvgIpc) is 3.11. The van der Waals surface area contributed by atoms with Crippen molar-refractivity contribution in [3.05, 3.63) is 12.2 Å². The zero-order chi connectivity index (χ0) is 23.1. The van der Waals surface area contributed by atoms with Crippen molar-refractivity contribution < 1.29 is 29.2 Å². The highest BCUT2D eigenvalue weighted by Gasteiger charge is 2.55. The predicted molar refractivity (Wildman–Crippen MR) is 125 cm³/mol. The molecule has 2 rings (SSSR count). The molecular weight excluding hydrogens is 408 g/mol. The summed E-state index contributed by atoms with van der Waals surface area (Å²) in [7, 11) is 0. The van der Waals surface area contributed by atoms with Gasteiger partial charge in [0.2, 0.25) is 0 Å². The third kappa shape index (κ3) is 9.12. The molecule has 0 aromatic carbocycles. The molecular formula is C26H46O6. The van der Waals surface area contributed by atoms with E-state index in [1.807, 2.05) is 0 Å². The topological polar surface area (TPSA) is 85.2 Å². The van der Waals surface area contributed by atoms with Crippen LogP contribution in [0.25, 0.3) is 0 Å². The zero-order valence-electron chi connectivity index (χ0n) is 20.1. The minimum Gasteiger partial charge on any atom is -0.457 e. The Morgan fingerprint density at radius 2 is 1.59 bits per heavy atom. The first kappa shape index (κ1) is 27.3. The number of aliphatic hydroxyl groups excluding tert-OH is 2. The summed E-state index contributed by atoms with van der Waals surface area (Å²) >= 11 is 0. The maximum Gasteiger partial charge on any atom is 0.306 e. The normalized spacial score (nSPS) is 27.7. The van der Waals surface area contributed by atoms with E-state index in [9.17, 15) is 15.0 Å². The van der Waals surface area contributed by atoms with Crippen LogP contribution < -0.4 is 0 Å². The molecule has 32 heavy (non-hydrogen) atoms. The SMILES string of the molecule is CCCCCCCC/C=C\CCCCCCCC(=O)O[C@@H]1[C@@H](O)CO[C@@H]1[C@]1(CO)CCO1. The molecule has 2 fully saturated rings. The number of hydrogen-bond acceptors (Lipinski definition) is 6. The van der Waals surface area contributed by atoms with E-state index in [0.717, 1.165) is 25.7 Å². The summed E-state index contributed by atoms with van der Waals surface area (Å²) in [6.07, 6.45) is 19.2. The van der Waals surface area contributed by atoms with Crippen molar-refractivity contribution >= 4 is 5.97 Å². The number of aliphatic hydroxyl groups is 2. The van der Waals surface area contributed by atoms with E-state index in [-0.39, 0.29) is 19.2 Å². The van der Waals surface area contributed by atoms with Crippen molar-refractivity contribution in [1.29, 1.82) is 0 Å². The Morgan fingerprint density at radius 1 is 1.00 bits per heavy atom. The van der Waals surface area contributed by atoms with E-state index < -0.39 is 23.9 Å². The van der Waals surface area contributed by atoms with Crippen LogP contribution in [0.4, 0.5) is 0 Å². The molecule has 2 aliphatic rings. The van der Waals surface area contributed by atoms with Crippen molar-refractivity contribution in [2.45, 2.75) is 127 Å². The number of carbonyl (C=O) groups excluding carboxylic acids is 1. The van der Waals surface area contributed by atoms with Gasteiger partial charge in [-0.05, 0) is 32.1 Å². The highest BCUT2D eigenvalue weighted by molar-refractivity contribution is 5.69.